The first kappa shape index (κ1) is 25.6. The number of nitrogens with one attached hydrogen (secondary N) is 3. The number of amides is 2. The molecule has 0 atom stereocenters. The molecule has 1 fully saturated rings. The van der Waals surface area contributed by atoms with Crippen LogP contribution in [0.1, 0.15) is 39.1 Å². The molecule has 0 aliphatic carbocycles. The minimum Gasteiger partial charge on any atom is -0.482 e. The second-order valence-electron chi connectivity index (χ2n) is 9.14. The molecular formula is C29H26N4O3S2. The molecule has 0 saturated carbocycles. The van der Waals surface area contributed by atoms with Crippen molar-refractivity contribution in [3.05, 3.63) is 102 Å². The van der Waals surface area contributed by atoms with Gasteiger partial charge in [-0.1, -0.05) is 42.5 Å². The SMILES string of the molecule is O=C(NC(=S)Nc1ccc2c(c1)C=CC1(CCN(C(=S)NC(=O)c3ccccc3)CC1)O2)c1ccccc1. The first-order chi connectivity index (χ1) is 18.4. The highest BCUT2D eigenvalue weighted by Crippen LogP contribution is 2.38. The van der Waals surface area contributed by atoms with Gasteiger partial charge >= 0.3 is 0 Å². The highest BCUT2D eigenvalue weighted by molar-refractivity contribution is 7.80. The van der Waals surface area contributed by atoms with Gasteiger partial charge in [0.2, 0.25) is 0 Å². The smallest absolute Gasteiger partial charge is 0.257 e. The van der Waals surface area contributed by atoms with Gasteiger partial charge in [0, 0.05) is 48.3 Å². The highest BCUT2D eigenvalue weighted by atomic mass is 32.1. The van der Waals surface area contributed by atoms with Crippen LogP contribution in [0.5, 0.6) is 5.75 Å². The zero-order chi connectivity index (χ0) is 26.5. The number of ether oxygens (including phenoxy) is 1. The average Bonchev–Trinajstić information content (AvgIpc) is 2.94. The number of piperidine rings is 1. The number of hydrogen-bond donors (Lipinski definition) is 3. The van der Waals surface area contributed by atoms with E-state index in [9.17, 15) is 9.59 Å². The number of rotatable bonds is 3. The predicted octanol–water partition coefficient (Wildman–Crippen LogP) is 4.77. The van der Waals surface area contributed by atoms with Crippen LogP contribution in [0.4, 0.5) is 5.69 Å². The van der Waals surface area contributed by atoms with Crippen molar-refractivity contribution in [2.24, 2.45) is 0 Å². The molecule has 1 saturated heterocycles. The van der Waals surface area contributed by atoms with Crippen molar-refractivity contribution in [1.82, 2.24) is 15.5 Å². The van der Waals surface area contributed by atoms with Gasteiger partial charge in [-0.25, -0.2) is 0 Å². The van der Waals surface area contributed by atoms with Crippen molar-refractivity contribution in [3.63, 3.8) is 0 Å². The van der Waals surface area contributed by atoms with Gasteiger partial charge in [0.05, 0.1) is 0 Å². The molecule has 0 radical (unpaired) electrons. The molecule has 3 aromatic rings. The molecule has 5 rings (SSSR count). The number of fused-ring (bicyclic) bond motifs is 1. The van der Waals surface area contributed by atoms with Crippen LogP contribution in [0.15, 0.2) is 84.9 Å². The number of carbonyl (C=O) groups is 2. The molecule has 2 amide bonds. The van der Waals surface area contributed by atoms with Crippen LogP contribution in [0, 0.1) is 0 Å². The summed E-state index contributed by atoms with van der Waals surface area (Å²) in [6.45, 7) is 1.34. The Hall–Kier alpha value is -4.08. The largest absolute Gasteiger partial charge is 0.482 e. The fraction of sp³-hybridized carbons (Fsp3) is 0.172. The van der Waals surface area contributed by atoms with Crippen LogP contribution in [0.25, 0.3) is 6.08 Å². The fourth-order valence-electron chi connectivity index (χ4n) is 4.47. The molecular weight excluding hydrogens is 516 g/mol. The topological polar surface area (TPSA) is 82.7 Å². The third-order valence-electron chi connectivity index (χ3n) is 6.56. The first-order valence-electron chi connectivity index (χ1n) is 12.3. The highest BCUT2D eigenvalue weighted by Gasteiger charge is 2.37. The molecule has 2 heterocycles. The number of likely N-dealkylation sites (tertiary alicyclic amines) is 1. The van der Waals surface area contributed by atoms with Crippen LogP contribution < -0.4 is 20.7 Å². The molecule has 192 valence electrons. The van der Waals surface area contributed by atoms with E-state index in [1.165, 1.54) is 0 Å². The average molecular weight is 543 g/mol. The Morgan fingerprint density at radius 1 is 0.816 bits per heavy atom. The van der Waals surface area contributed by atoms with Gasteiger partial charge in [-0.2, -0.15) is 0 Å². The Morgan fingerprint density at radius 2 is 1.42 bits per heavy atom. The van der Waals surface area contributed by atoms with Crippen molar-refractivity contribution >= 4 is 58.2 Å². The second-order valence-corrected chi connectivity index (χ2v) is 9.93. The number of nitrogens with zero attached hydrogens (tertiary/aromatic N) is 1. The molecule has 7 nitrogen and oxygen atoms in total. The van der Waals surface area contributed by atoms with Gasteiger partial charge in [-0.3, -0.25) is 20.2 Å². The van der Waals surface area contributed by atoms with Crippen molar-refractivity contribution in [3.8, 4) is 5.75 Å². The number of anilines is 1. The standard InChI is InChI=1S/C29H26N4O3S2/c34-25(20-7-3-1-4-8-20)31-27(37)30-23-11-12-24-22(19-23)13-14-29(36-24)15-17-33(18-16-29)28(38)32-26(35)21-9-5-2-6-10-21/h1-14,19H,15-18H2,(H,32,35,38)(H2,30,31,34,37). The summed E-state index contributed by atoms with van der Waals surface area (Å²) in [6.07, 6.45) is 5.62. The van der Waals surface area contributed by atoms with E-state index in [0.717, 1.165) is 29.8 Å². The second kappa shape index (κ2) is 11.1. The van der Waals surface area contributed by atoms with Crippen LogP contribution in [0.2, 0.25) is 0 Å². The summed E-state index contributed by atoms with van der Waals surface area (Å²) in [4.78, 5) is 26.8. The van der Waals surface area contributed by atoms with Gasteiger partial charge in [-0.05, 0) is 73.0 Å². The monoisotopic (exact) mass is 542 g/mol. The van der Waals surface area contributed by atoms with Gasteiger partial charge in [0.15, 0.2) is 10.2 Å². The van der Waals surface area contributed by atoms with Gasteiger partial charge in [0.25, 0.3) is 11.8 Å². The lowest BCUT2D eigenvalue weighted by Crippen LogP contribution is -2.52. The number of carbonyl (C=O) groups excluding carboxylic acids is 2. The maximum Gasteiger partial charge on any atom is 0.257 e. The normalized spacial score (nSPS) is 15.1. The van der Waals surface area contributed by atoms with Crippen molar-refractivity contribution in [2.75, 3.05) is 18.4 Å². The fourth-order valence-corrected chi connectivity index (χ4v) is 4.95. The summed E-state index contributed by atoms with van der Waals surface area (Å²) in [7, 11) is 0. The maximum atomic E-state index is 12.4. The van der Waals surface area contributed by atoms with E-state index >= 15 is 0 Å². The molecule has 0 unspecified atom stereocenters. The van der Waals surface area contributed by atoms with E-state index in [4.69, 9.17) is 29.2 Å². The van der Waals surface area contributed by atoms with Crippen LogP contribution in [0.3, 0.4) is 0 Å². The zero-order valence-electron chi connectivity index (χ0n) is 20.5. The van der Waals surface area contributed by atoms with Crippen LogP contribution in [-0.4, -0.2) is 45.6 Å². The van der Waals surface area contributed by atoms with E-state index in [1.54, 1.807) is 36.4 Å². The molecule has 3 N–H and O–H groups in total. The molecule has 0 aromatic heterocycles. The van der Waals surface area contributed by atoms with Crippen molar-refractivity contribution in [2.45, 2.75) is 18.4 Å². The lowest BCUT2D eigenvalue weighted by Gasteiger charge is -2.42. The van der Waals surface area contributed by atoms with Gasteiger partial charge in [-0.15, -0.1) is 0 Å². The molecule has 2 aliphatic heterocycles. The number of benzene rings is 3. The lowest BCUT2D eigenvalue weighted by molar-refractivity contribution is 0.0584. The quantitative estimate of drug-likeness (QED) is 0.412. The first-order valence-corrected chi connectivity index (χ1v) is 13.1. The molecule has 0 bridgehead atoms. The number of hydrogen-bond acceptors (Lipinski definition) is 5. The molecule has 9 heteroatoms. The molecule has 38 heavy (non-hydrogen) atoms. The van der Waals surface area contributed by atoms with Crippen molar-refractivity contribution < 1.29 is 14.3 Å². The van der Waals surface area contributed by atoms with E-state index < -0.39 is 5.60 Å². The summed E-state index contributed by atoms with van der Waals surface area (Å²) >= 11 is 10.8. The third-order valence-corrected chi connectivity index (χ3v) is 7.13. The Bertz CT molecular complexity index is 1400. The van der Waals surface area contributed by atoms with Gasteiger partial charge < -0.3 is 15.0 Å². The van der Waals surface area contributed by atoms with Gasteiger partial charge in [0.1, 0.15) is 11.4 Å². The Morgan fingerprint density at radius 3 is 2.05 bits per heavy atom. The summed E-state index contributed by atoms with van der Waals surface area (Å²) in [5, 5.41) is 9.24. The van der Waals surface area contributed by atoms with Crippen molar-refractivity contribution in [1.29, 1.82) is 0 Å². The summed E-state index contributed by atoms with van der Waals surface area (Å²) in [6, 6.07) is 23.7. The summed E-state index contributed by atoms with van der Waals surface area (Å²) in [5.74, 6) is 0.310. The summed E-state index contributed by atoms with van der Waals surface area (Å²) in [5.41, 5.74) is 2.36. The minimum absolute atomic E-state index is 0.206. The van der Waals surface area contributed by atoms with E-state index in [0.29, 0.717) is 29.3 Å². The maximum absolute atomic E-state index is 12.4. The molecule has 1 spiro atoms. The van der Waals surface area contributed by atoms with E-state index in [-0.39, 0.29) is 16.9 Å². The Kier molecular flexibility index (Phi) is 7.48. The van der Waals surface area contributed by atoms with Crippen LogP contribution >= 0.6 is 24.4 Å². The predicted molar refractivity (Wildman–Crippen MR) is 156 cm³/mol. The zero-order valence-corrected chi connectivity index (χ0v) is 22.1. The third kappa shape index (κ3) is 5.90. The summed E-state index contributed by atoms with van der Waals surface area (Å²) < 4.78 is 6.45. The Balaban J connectivity index is 1.15. The lowest BCUT2D eigenvalue weighted by atomic mass is 9.88. The Labute approximate surface area is 231 Å². The molecule has 3 aromatic carbocycles. The minimum atomic E-state index is -0.420. The van der Waals surface area contributed by atoms with Crippen LogP contribution in [-0.2, 0) is 0 Å². The molecule has 2 aliphatic rings. The van der Waals surface area contributed by atoms with E-state index in [1.807, 2.05) is 47.4 Å². The van der Waals surface area contributed by atoms with E-state index in [2.05, 4.69) is 28.1 Å². The number of thiocarbonyl (C=S) groups is 2.